The third-order valence-corrected chi connectivity index (χ3v) is 1.98. The van der Waals surface area contributed by atoms with Crippen molar-refractivity contribution in [2.75, 3.05) is 5.32 Å². The van der Waals surface area contributed by atoms with Gasteiger partial charge < -0.3 is 5.32 Å². The minimum Gasteiger partial charge on any atom is -0.378 e. The Kier molecular flexibility index (Phi) is 2.44. The predicted molar refractivity (Wildman–Crippen MR) is 54.9 cm³/mol. The van der Waals surface area contributed by atoms with E-state index in [1.807, 2.05) is 12.1 Å². The number of benzene rings is 1. The summed E-state index contributed by atoms with van der Waals surface area (Å²) < 4.78 is 0. The Bertz CT molecular complexity index is 377. The molecule has 0 spiro atoms. The van der Waals surface area contributed by atoms with Gasteiger partial charge in [-0.05, 0) is 19.1 Å². The van der Waals surface area contributed by atoms with Crippen LogP contribution in [0.3, 0.4) is 0 Å². The highest BCUT2D eigenvalue weighted by Gasteiger charge is 1.95. The first kappa shape index (κ1) is 8.74. The minimum absolute atomic E-state index is 0.670. The Morgan fingerprint density at radius 2 is 2.07 bits per heavy atom. The van der Waals surface area contributed by atoms with E-state index in [-0.39, 0.29) is 0 Å². The largest absolute Gasteiger partial charge is 0.378 e. The molecule has 4 heteroatoms. The molecule has 0 saturated carbocycles. The molecule has 1 heterocycles. The van der Waals surface area contributed by atoms with Gasteiger partial charge in [-0.25, -0.2) is 4.98 Å². The van der Waals surface area contributed by atoms with Crippen LogP contribution < -0.4 is 5.32 Å². The van der Waals surface area contributed by atoms with Crippen LogP contribution in [0.2, 0.25) is 0 Å². The smallest absolute Gasteiger partial charge is 0.143 e. The van der Waals surface area contributed by atoms with Crippen LogP contribution >= 0.6 is 0 Å². The summed E-state index contributed by atoms with van der Waals surface area (Å²) in [5, 5.41) is 9.81. The average Bonchev–Trinajstić information content (AvgIpc) is 2.70. The number of aryl methyl sites for hydroxylation is 1. The maximum atomic E-state index is 4.02. The molecule has 0 saturated heterocycles. The molecular weight excluding hydrogens is 176 g/mol. The molecule has 0 aliphatic rings. The first-order valence-corrected chi connectivity index (χ1v) is 4.49. The predicted octanol–water partition coefficient (Wildman–Crippen LogP) is 1.73. The topological polar surface area (TPSA) is 53.6 Å². The Morgan fingerprint density at radius 3 is 2.71 bits per heavy atom. The van der Waals surface area contributed by atoms with Gasteiger partial charge in [-0.3, -0.25) is 5.10 Å². The van der Waals surface area contributed by atoms with Crippen molar-refractivity contribution < 1.29 is 0 Å². The van der Waals surface area contributed by atoms with Crippen molar-refractivity contribution in [2.45, 2.75) is 13.5 Å². The molecule has 0 radical (unpaired) electrons. The normalized spacial score (nSPS) is 10.1. The number of aromatic amines is 1. The van der Waals surface area contributed by atoms with Crippen molar-refractivity contribution in [1.82, 2.24) is 15.2 Å². The first-order valence-electron chi connectivity index (χ1n) is 4.49. The molecule has 14 heavy (non-hydrogen) atoms. The van der Waals surface area contributed by atoms with Gasteiger partial charge in [-0.15, -0.1) is 0 Å². The van der Waals surface area contributed by atoms with Gasteiger partial charge in [-0.2, -0.15) is 5.10 Å². The van der Waals surface area contributed by atoms with Gasteiger partial charge in [0.1, 0.15) is 12.2 Å². The zero-order chi connectivity index (χ0) is 9.80. The van der Waals surface area contributed by atoms with Gasteiger partial charge >= 0.3 is 0 Å². The average molecular weight is 188 g/mol. The number of H-pyrrole nitrogens is 1. The molecule has 1 aromatic carbocycles. The second-order valence-corrected chi connectivity index (χ2v) is 3.15. The maximum Gasteiger partial charge on any atom is 0.143 e. The van der Waals surface area contributed by atoms with E-state index >= 15 is 0 Å². The van der Waals surface area contributed by atoms with Crippen LogP contribution in [0.5, 0.6) is 0 Å². The van der Waals surface area contributed by atoms with Gasteiger partial charge in [0.25, 0.3) is 0 Å². The fourth-order valence-electron chi connectivity index (χ4n) is 1.17. The first-order chi connectivity index (χ1) is 6.84. The second kappa shape index (κ2) is 3.91. The van der Waals surface area contributed by atoms with E-state index in [9.17, 15) is 0 Å². The number of hydrogen-bond acceptors (Lipinski definition) is 3. The number of hydrogen-bond donors (Lipinski definition) is 2. The standard InChI is InChI=1S/C10H12N4/c1-8-2-4-9(5-3-8)11-6-10-12-7-13-14-10/h2-5,7,11H,6H2,1H3,(H,12,13,14). The molecule has 4 nitrogen and oxygen atoms in total. The molecule has 2 N–H and O–H groups in total. The highest BCUT2D eigenvalue weighted by Crippen LogP contribution is 2.08. The van der Waals surface area contributed by atoms with Crippen LogP contribution in [0.1, 0.15) is 11.4 Å². The lowest BCUT2D eigenvalue weighted by Crippen LogP contribution is -2.00. The van der Waals surface area contributed by atoms with Crippen LogP contribution in [0.25, 0.3) is 0 Å². The third kappa shape index (κ3) is 2.10. The van der Waals surface area contributed by atoms with Gasteiger partial charge in [-0.1, -0.05) is 17.7 Å². The van der Waals surface area contributed by atoms with Gasteiger partial charge in [0.05, 0.1) is 6.54 Å². The fraction of sp³-hybridized carbons (Fsp3) is 0.200. The summed E-state index contributed by atoms with van der Waals surface area (Å²) in [6.45, 7) is 2.74. The van der Waals surface area contributed by atoms with Crippen LogP contribution in [-0.2, 0) is 6.54 Å². The van der Waals surface area contributed by atoms with Crippen molar-refractivity contribution in [2.24, 2.45) is 0 Å². The van der Waals surface area contributed by atoms with E-state index in [1.54, 1.807) is 0 Å². The van der Waals surface area contributed by atoms with E-state index in [4.69, 9.17) is 0 Å². The SMILES string of the molecule is Cc1ccc(NCc2ncn[nH]2)cc1. The highest BCUT2D eigenvalue weighted by molar-refractivity contribution is 5.44. The number of nitrogens with one attached hydrogen (secondary N) is 2. The summed E-state index contributed by atoms with van der Waals surface area (Å²) in [5.41, 5.74) is 2.35. The van der Waals surface area contributed by atoms with Crippen molar-refractivity contribution >= 4 is 5.69 Å². The van der Waals surface area contributed by atoms with Gasteiger partial charge in [0.15, 0.2) is 0 Å². The summed E-state index contributed by atoms with van der Waals surface area (Å²) >= 11 is 0. The Morgan fingerprint density at radius 1 is 1.29 bits per heavy atom. The maximum absolute atomic E-state index is 4.02. The fourth-order valence-corrected chi connectivity index (χ4v) is 1.17. The molecule has 1 aromatic heterocycles. The Labute approximate surface area is 82.4 Å². The molecule has 0 aliphatic carbocycles. The van der Waals surface area contributed by atoms with Gasteiger partial charge in [0, 0.05) is 5.69 Å². The van der Waals surface area contributed by atoms with Crippen molar-refractivity contribution in [3.63, 3.8) is 0 Å². The molecule has 0 aliphatic heterocycles. The van der Waals surface area contributed by atoms with Crippen LogP contribution in [0.4, 0.5) is 5.69 Å². The minimum atomic E-state index is 0.670. The lowest BCUT2D eigenvalue weighted by atomic mass is 10.2. The molecule has 2 rings (SSSR count). The summed E-state index contributed by atoms with van der Waals surface area (Å²) in [4.78, 5) is 4.02. The summed E-state index contributed by atoms with van der Waals surface area (Å²) in [6, 6.07) is 8.24. The van der Waals surface area contributed by atoms with Crippen LogP contribution in [0.15, 0.2) is 30.6 Å². The van der Waals surface area contributed by atoms with E-state index in [0.29, 0.717) is 6.54 Å². The van der Waals surface area contributed by atoms with E-state index in [1.165, 1.54) is 11.9 Å². The highest BCUT2D eigenvalue weighted by atomic mass is 15.2. The molecule has 0 amide bonds. The molecule has 72 valence electrons. The van der Waals surface area contributed by atoms with E-state index in [0.717, 1.165) is 11.5 Å². The van der Waals surface area contributed by atoms with Crippen molar-refractivity contribution in [3.05, 3.63) is 42.0 Å². The summed E-state index contributed by atoms with van der Waals surface area (Å²) in [6.07, 6.45) is 1.51. The van der Waals surface area contributed by atoms with E-state index < -0.39 is 0 Å². The number of rotatable bonds is 3. The number of aromatic nitrogens is 3. The number of anilines is 1. The lowest BCUT2D eigenvalue weighted by molar-refractivity contribution is 0.954. The van der Waals surface area contributed by atoms with Crippen LogP contribution in [-0.4, -0.2) is 15.2 Å². The van der Waals surface area contributed by atoms with Gasteiger partial charge in [0.2, 0.25) is 0 Å². The van der Waals surface area contributed by atoms with E-state index in [2.05, 4.69) is 39.6 Å². The van der Waals surface area contributed by atoms with Crippen molar-refractivity contribution in [3.8, 4) is 0 Å². The number of nitrogens with zero attached hydrogens (tertiary/aromatic N) is 2. The molecular formula is C10H12N4. The molecule has 2 aromatic rings. The quantitative estimate of drug-likeness (QED) is 0.771. The molecule has 0 unspecified atom stereocenters. The molecule has 0 fully saturated rings. The Balaban J connectivity index is 1.95. The second-order valence-electron chi connectivity index (χ2n) is 3.15. The zero-order valence-electron chi connectivity index (χ0n) is 7.99. The lowest BCUT2D eigenvalue weighted by Gasteiger charge is -2.03. The molecule has 0 bridgehead atoms. The summed E-state index contributed by atoms with van der Waals surface area (Å²) in [5.74, 6) is 0.838. The third-order valence-electron chi connectivity index (χ3n) is 1.98. The van der Waals surface area contributed by atoms with Crippen LogP contribution in [0, 0.1) is 6.92 Å². The zero-order valence-corrected chi connectivity index (χ0v) is 7.99. The van der Waals surface area contributed by atoms with Crippen molar-refractivity contribution in [1.29, 1.82) is 0 Å². The summed E-state index contributed by atoms with van der Waals surface area (Å²) in [7, 11) is 0. The monoisotopic (exact) mass is 188 g/mol. The molecule has 0 atom stereocenters. The Hall–Kier alpha value is -1.84.